The Hall–Kier alpha value is -0.930. The highest BCUT2D eigenvalue weighted by molar-refractivity contribution is 5.65. The molecule has 1 fully saturated rings. The first-order valence-electron chi connectivity index (χ1n) is 3.70. The third-order valence-electron chi connectivity index (χ3n) is 1.74. The molecule has 0 saturated carbocycles. The molecule has 0 spiro atoms. The van der Waals surface area contributed by atoms with Crippen LogP contribution in [0, 0.1) is 0 Å². The van der Waals surface area contributed by atoms with E-state index in [0.717, 1.165) is 0 Å². The van der Waals surface area contributed by atoms with E-state index in [9.17, 15) is 4.79 Å². The number of cyclic esters (lactones) is 2. The van der Waals surface area contributed by atoms with Gasteiger partial charge in [0.15, 0.2) is 6.10 Å². The van der Waals surface area contributed by atoms with Gasteiger partial charge in [0, 0.05) is 0 Å². The van der Waals surface area contributed by atoms with Crippen LogP contribution in [-0.2, 0) is 9.47 Å². The molecule has 0 unspecified atom stereocenters. The van der Waals surface area contributed by atoms with Crippen LogP contribution in [0.2, 0.25) is 0 Å². The van der Waals surface area contributed by atoms with Crippen molar-refractivity contribution in [1.29, 1.82) is 0 Å². The van der Waals surface area contributed by atoms with Crippen molar-refractivity contribution in [2.75, 3.05) is 6.61 Å². The van der Waals surface area contributed by atoms with E-state index >= 15 is 0 Å². The van der Waals surface area contributed by atoms with E-state index in [1.54, 1.807) is 0 Å². The fraction of sp³-hybridized carbons (Fsp3) is 0.833. The molecule has 1 saturated heterocycles. The molecule has 1 aliphatic heterocycles. The third kappa shape index (κ3) is 1.79. The monoisotopic (exact) mass is 210 g/mol. The summed E-state index contributed by atoms with van der Waals surface area (Å²) in [5.41, 5.74) is 0. The number of carbonyl (C=O) groups is 1. The first-order valence-corrected chi connectivity index (χ1v) is 3.70. The second-order valence-corrected chi connectivity index (χ2v) is 2.77. The van der Waals surface area contributed by atoms with Gasteiger partial charge in [0.2, 0.25) is 0 Å². The van der Waals surface area contributed by atoms with Gasteiger partial charge in [-0.25, -0.2) is 4.79 Å². The van der Waals surface area contributed by atoms with Gasteiger partial charge >= 0.3 is 12.1 Å². The van der Waals surface area contributed by atoms with Crippen molar-refractivity contribution in [2.24, 2.45) is 0 Å². The summed E-state index contributed by atoms with van der Waals surface area (Å²) in [5.74, 6) is -2.66. The number of aliphatic hydroxyl groups is 5. The number of aliphatic hydroxyl groups excluding tert-OH is 4. The van der Waals surface area contributed by atoms with Crippen LogP contribution in [0.1, 0.15) is 0 Å². The van der Waals surface area contributed by atoms with Gasteiger partial charge in [-0.2, -0.15) is 0 Å². The minimum Gasteiger partial charge on any atom is -0.394 e. The van der Waals surface area contributed by atoms with Crippen LogP contribution in [0.5, 0.6) is 0 Å². The Bertz CT molecular complexity index is 220. The Morgan fingerprint density at radius 2 is 1.79 bits per heavy atom. The molecule has 0 bridgehead atoms. The molecular weight excluding hydrogens is 200 g/mol. The minimum atomic E-state index is -2.66. The predicted molar refractivity (Wildman–Crippen MR) is 37.6 cm³/mol. The van der Waals surface area contributed by atoms with Gasteiger partial charge in [-0.05, 0) is 0 Å². The van der Waals surface area contributed by atoms with Crippen LogP contribution in [-0.4, -0.2) is 62.6 Å². The smallest absolute Gasteiger partial charge is 0.394 e. The summed E-state index contributed by atoms with van der Waals surface area (Å²) < 4.78 is 7.99. The van der Waals surface area contributed by atoms with Crippen molar-refractivity contribution in [3.05, 3.63) is 0 Å². The minimum absolute atomic E-state index is 0.831. The zero-order valence-corrected chi connectivity index (χ0v) is 6.90. The Kier molecular flexibility index (Phi) is 2.92. The van der Waals surface area contributed by atoms with Gasteiger partial charge < -0.3 is 35.0 Å². The summed E-state index contributed by atoms with van der Waals surface area (Å²) in [4.78, 5) is 10.2. The lowest BCUT2D eigenvalue weighted by atomic mass is 10.1. The molecule has 8 nitrogen and oxygen atoms in total. The second-order valence-electron chi connectivity index (χ2n) is 2.77. The van der Waals surface area contributed by atoms with Crippen LogP contribution in [0.15, 0.2) is 0 Å². The van der Waals surface area contributed by atoms with Crippen LogP contribution in [0.25, 0.3) is 0 Å². The van der Waals surface area contributed by atoms with Gasteiger partial charge in [-0.3, -0.25) is 0 Å². The third-order valence-corrected chi connectivity index (χ3v) is 1.74. The number of rotatable bonds is 4. The van der Waals surface area contributed by atoms with E-state index in [-0.39, 0.29) is 0 Å². The SMILES string of the molecule is O=C1OC(O)([C@@H](O)[C@H](O)[C@H](O)CO)O1. The summed E-state index contributed by atoms with van der Waals surface area (Å²) in [6.45, 7) is -0.831. The predicted octanol–water partition coefficient (Wildman–Crippen LogP) is -3.13. The molecule has 8 heteroatoms. The van der Waals surface area contributed by atoms with Gasteiger partial charge in [-0.1, -0.05) is 0 Å². The zero-order chi connectivity index (χ0) is 10.9. The highest BCUT2D eigenvalue weighted by Gasteiger charge is 2.57. The lowest BCUT2D eigenvalue weighted by Crippen LogP contribution is -2.63. The molecule has 0 aromatic rings. The summed E-state index contributed by atoms with van der Waals surface area (Å²) in [5, 5.41) is 44.6. The molecule has 0 aromatic heterocycles. The summed E-state index contributed by atoms with van der Waals surface area (Å²) >= 11 is 0. The standard InChI is InChI=1S/C6H10O8/c7-1-2(8)3(9)4(10)6(12)13-5(11)14-6/h2-4,7-10,12H,1H2/t2-,3-,4+/m1/s1. The van der Waals surface area contributed by atoms with E-state index < -0.39 is 37.0 Å². The van der Waals surface area contributed by atoms with Crippen LogP contribution < -0.4 is 0 Å². The first-order chi connectivity index (χ1) is 6.40. The average Bonchev–Trinajstić information content (AvgIpc) is 2.12. The summed E-state index contributed by atoms with van der Waals surface area (Å²) in [7, 11) is 0. The lowest BCUT2D eigenvalue weighted by molar-refractivity contribution is -0.429. The van der Waals surface area contributed by atoms with E-state index in [1.807, 2.05) is 0 Å². The molecular formula is C6H10O8. The quantitative estimate of drug-likeness (QED) is 0.307. The maximum absolute atomic E-state index is 10.2. The highest BCUT2D eigenvalue weighted by atomic mass is 17.0. The van der Waals surface area contributed by atoms with Gasteiger partial charge in [-0.15, -0.1) is 0 Å². The fourth-order valence-electron chi connectivity index (χ4n) is 0.901. The molecule has 14 heavy (non-hydrogen) atoms. The Labute approximate surface area is 77.9 Å². The Morgan fingerprint density at radius 3 is 2.14 bits per heavy atom. The van der Waals surface area contributed by atoms with Crippen LogP contribution in [0.4, 0.5) is 4.79 Å². The van der Waals surface area contributed by atoms with E-state index in [1.165, 1.54) is 0 Å². The van der Waals surface area contributed by atoms with Gasteiger partial charge in [0.05, 0.1) is 6.61 Å². The normalized spacial score (nSPS) is 25.4. The molecule has 0 aliphatic carbocycles. The van der Waals surface area contributed by atoms with E-state index in [2.05, 4.69) is 9.47 Å². The summed E-state index contributed by atoms with van der Waals surface area (Å²) in [6.07, 6.45) is -6.87. The Morgan fingerprint density at radius 1 is 1.29 bits per heavy atom. The molecule has 5 N–H and O–H groups in total. The molecule has 1 heterocycles. The molecule has 3 atom stereocenters. The topological polar surface area (TPSA) is 137 Å². The maximum Gasteiger partial charge on any atom is 0.518 e. The molecule has 0 radical (unpaired) electrons. The van der Waals surface area contributed by atoms with Crippen molar-refractivity contribution in [3.8, 4) is 0 Å². The number of ether oxygens (including phenoxy) is 2. The fourth-order valence-corrected chi connectivity index (χ4v) is 0.901. The molecule has 0 amide bonds. The van der Waals surface area contributed by atoms with Crippen molar-refractivity contribution >= 4 is 6.16 Å². The first kappa shape index (κ1) is 11.1. The number of hydrogen-bond donors (Lipinski definition) is 5. The highest BCUT2D eigenvalue weighted by Crippen LogP contribution is 2.28. The lowest BCUT2D eigenvalue weighted by Gasteiger charge is -2.39. The Balaban J connectivity index is 2.56. The van der Waals surface area contributed by atoms with E-state index in [4.69, 9.17) is 25.5 Å². The molecule has 82 valence electrons. The molecule has 0 aromatic carbocycles. The largest absolute Gasteiger partial charge is 0.518 e. The maximum atomic E-state index is 10.2. The number of hydrogen-bond acceptors (Lipinski definition) is 8. The average molecular weight is 210 g/mol. The van der Waals surface area contributed by atoms with Gasteiger partial charge in [0.25, 0.3) is 0 Å². The number of carbonyl (C=O) groups excluding carboxylic acids is 1. The second kappa shape index (κ2) is 3.67. The molecule has 1 rings (SSSR count). The van der Waals surface area contributed by atoms with Crippen molar-refractivity contribution in [3.63, 3.8) is 0 Å². The van der Waals surface area contributed by atoms with Crippen LogP contribution in [0.3, 0.4) is 0 Å². The van der Waals surface area contributed by atoms with E-state index in [0.29, 0.717) is 0 Å². The van der Waals surface area contributed by atoms with Crippen LogP contribution >= 0.6 is 0 Å². The van der Waals surface area contributed by atoms with Crippen molar-refractivity contribution < 1.29 is 39.8 Å². The van der Waals surface area contributed by atoms with Crippen molar-refractivity contribution in [1.82, 2.24) is 0 Å². The summed E-state index contributed by atoms with van der Waals surface area (Å²) in [6, 6.07) is 0. The van der Waals surface area contributed by atoms with Gasteiger partial charge in [0.1, 0.15) is 12.2 Å². The zero-order valence-electron chi connectivity index (χ0n) is 6.90. The molecule has 1 aliphatic rings. The van der Waals surface area contributed by atoms with Crippen molar-refractivity contribution in [2.45, 2.75) is 24.3 Å².